The Hall–Kier alpha value is -2.21. The van der Waals surface area contributed by atoms with Gasteiger partial charge in [-0.15, -0.1) is 0 Å². The number of carbonyl (C=O) groups is 1. The molecule has 0 aliphatic carbocycles. The quantitative estimate of drug-likeness (QED) is 0.819. The summed E-state index contributed by atoms with van der Waals surface area (Å²) in [5.41, 5.74) is 0.330. The summed E-state index contributed by atoms with van der Waals surface area (Å²) < 4.78 is 37.3. The number of nitrogens with one attached hydrogen (secondary N) is 2. The number of hydrogen-bond acceptors (Lipinski definition) is 2. The fourth-order valence-corrected chi connectivity index (χ4v) is 2.06. The molecule has 2 aromatic carbocycles. The Balaban J connectivity index is 1.81. The first kappa shape index (κ1) is 17.1. The van der Waals surface area contributed by atoms with Crippen LogP contribution < -0.4 is 10.6 Å². The lowest BCUT2D eigenvalue weighted by molar-refractivity contribution is -0.137. The maximum absolute atomic E-state index is 12.4. The third-order valence-corrected chi connectivity index (χ3v) is 3.37. The average Bonchev–Trinajstić information content (AvgIpc) is 2.49. The summed E-state index contributed by atoms with van der Waals surface area (Å²) in [6.07, 6.45) is -4.19. The molecule has 0 aromatic heterocycles. The molecule has 122 valence electrons. The summed E-state index contributed by atoms with van der Waals surface area (Å²) in [7, 11) is 0. The van der Waals surface area contributed by atoms with Gasteiger partial charge in [-0.1, -0.05) is 23.7 Å². The van der Waals surface area contributed by atoms with E-state index in [4.69, 9.17) is 11.6 Å². The Kier molecular flexibility index (Phi) is 5.50. The van der Waals surface area contributed by atoms with Crippen molar-refractivity contribution in [2.24, 2.45) is 0 Å². The number of halogens is 4. The lowest BCUT2D eigenvalue weighted by Crippen LogP contribution is -2.16. The van der Waals surface area contributed by atoms with E-state index in [0.29, 0.717) is 22.9 Å². The standard InChI is InChI=1S/C16H14ClF3N2O/c17-13-3-1-2-4-14(13)22-15(23)9-10-21-12-7-5-11(6-8-12)16(18,19)20/h1-8,21H,9-10H2,(H,22,23). The maximum Gasteiger partial charge on any atom is 0.416 e. The van der Waals surface area contributed by atoms with Crippen LogP contribution in [-0.4, -0.2) is 12.5 Å². The molecule has 0 bridgehead atoms. The first-order valence-electron chi connectivity index (χ1n) is 6.82. The average molecular weight is 343 g/mol. The number of rotatable bonds is 5. The van der Waals surface area contributed by atoms with Crippen molar-refractivity contribution in [3.63, 3.8) is 0 Å². The van der Waals surface area contributed by atoms with Crippen molar-refractivity contribution >= 4 is 28.9 Å². The van der Waals surface area contributed by atoms with E-state index in [1.807, 2.05) is 0 Å². The largest absolute Gasteiger partial charge is 0.416 e. The number of anilines is 2. The van der Waals surface area contributed by atoms with Gasteiger partial charge < -0.3 is 10.6 Å². The van der Waals surface area contributed by atoms with E-state index in [9.17, 15) is 18.0 Å². The van der Waals surface area contributed by atoms with Gasteiger partial charge in [0.05, 0.1) is 16.3 Å². The molecule has 0 saturated heterocycles. The Morgan fingerprint density at radius 3 is 2.30 bits per heavy atom. The van der Waals surface area contributed by atoms with E-state index in [2.05, 4.69) is 10.6 Å². The van der Waals surface area contributed by atoms with Crippen LogP contribution >= 0.6 is 11.6 Å². The van der Waals surface area contributed by atoms with Crippen molar-refractivity contribution < 1.29 is 18.0 Å². The van der Waals surface area contributed by atoms with Gasteiger partial charge in [0, 0.05) is 18.7 Å². The van der Waals surface area contributed by atoms with E-state index >= 15 is 0 Å². The van der Waals surface area contributed by atoms with E-state index in [1.165, 1.54) is 12.1 Å². The van der Waals surface area contributed by atoms with Crippen molar-refractivity contribution in [2.45, 2.75) is 12.6 Å². The van der Waals surface area contributed by atoms with Crippen LogP contribution in [-0.2, 0) is 11.0 Å². The van der Waals surface area contributed by atoms with Crippen LogP contribution in [0.1, 0.15) is 12.0 Å². The summed E-state index contributed by atoms with van der Waals surface area (Å²) in [6.45, 7) is 0.293. The predicted molar refractivity (Wildman–Crippen MR) is 84.6 cm³/mol. The number of amides is 1. The highest BCUT2D eigenvalue weighted by atomic mass is 35.5. The Morgan fingerprint density at radius 1 is 1.04 bits per heavy atom. The molecule has 0 heterocycles. The van der Waals surface area contributed by atoms with Gasteiger partial charge in [-0.2, -0.15) is 13.2 Å². The zero-order valence-corrected chi connectivity index (χ0v) is 12.7. The SMILES string of the molecule is O=C(CCNc1ccc(C(F)(F)F)cc1)Nc1ccccc1Cl. The maximum atomic E-state index is 12.4. The van der Waals surface area contributed by atoms with Gasteiger partial charge in [0.15, 0.2) is 0 Å². The second-order valence-corrected chi connectivity index (χ2v) is 5.19. The van der Waals surface area contributed by atoms with Gasteiger partial charge in [-0.3, -0.25) is 4.79 Å². The summed E-state index contributed by atoms with van der Waals surface area (Å²) in [6, 6.07) is 11.5. The molecule has 23 heavy (non-hydrogen) atoms. The minimum absolute atomic E-state index is 0.159. The molecule has 2 N–H and O–H groups in total. The number of para-hydroxylation sites is 1. The normalized spacial score (nSPS) is 11.1. The van der Waals surface area contributed by atoms with Crippen LogP contribution in [0.4, 0.5) is 24.5 Å². The molecule has 2 aromatic rings. The second kappa shape index (κ2) is 7.37. The molecule has 3 nitrogen and oxygen atoms in total. The number of carbonyl (C=O) groups excluding carboxylic acids is 1. The second-order valence-electron chi connectivity index (χ2n) is 4.78. The zero-order valence-electron chi connectivity index (χ0n) is 12.0. The van der Waals surface area contributed by atoms with E-state index in [-0.39, 0.29) is 12.3 Å². The fraction of sp³-hybridized carbons (Fsp3) is 0.188. The van der Waals surface area contributed by atoms with Crippen molar-refractivity contribution in [1.29, 1.82) is 0 Å². The zero-order chi connectivity index (χ0) is 16.9. The minimum atomic E-state index is -4.35. The molecule has 0 aliphatic heterocycles. The van der Waals surface area contributed by atoms with Crippen LogP contribution in [0.5, 0.6) is 0 Å². The summed E-state index contributed by atoms with van der Waals surface area (Å²) in [5, 5.41) is 6.00. The van der Waals surface area contributed by atoms with Crippen LogP contribution in [0.2, 0.25) is 5.02 Å². The van der Waals surface area contributed by atoms with Crippen LogP contribution in [0.15, 0.2) is 48.5 Å². The van der Waals surface area contributed by atoms with Gasteiger partial charge in [0.1, 0.15) is 0 Å². The first-order chi connectivity index (χ1) is 10.9. The van der Waals surface area contributed by atoms with Crippen LogP contribution in [0.3, 0.4) is 0 Å². The van der Waals surface area contributed by atoms with Gasteiger partial charge >= 0.3 is 6.18 Å². The molecule has 2 rings (SSSR count). The first-order valence-corrected chi connectivity index (χ1v) is 7.19. The molecule has 0 spiro atoms. The molecule has 0 unspecified atom stereocenters. The number of alkyl halides is 3. The Labute approximate surface area is 136 Å². The van der Waals surface area contributed by atoms with Crippen molar-refractivity contribution in [3.05, 3.63) is 59.1 Å². The predicted octanol–water partition coefficient (Wildman–Crippen LogP) is 4.80. The monoisotopic (exact) mass is 342 g/mol. The highest BCUT2D eigenvalue weighted by Gasteiger charge is 2.29. The van der Waals surface area contributed by atoms with E-state index in [0.717, 1.165) is 12.1 Å². The smallest absolute Gasteiger partial charge is 0.385 e. The lowest BCUT2D eigenvalue weighted by atomic mass is 10.2. The molecule has 0 radical (unpaired) electrons. The molecule has 0 fully saturated rings. The van der Waals surface area contributed by atoms with Gasteiger partial charge in [-0.05, 0) is 36.4 Å². The topological polar surface area (TPSA) is 41.1 Å². The Morgan fingerprint density at radius 2 is 1.70 bits per heavy atom. The lowest BCUT2D eigenvalue weighted by Gasteiger charge is -2.10. The molecule has 0 aliphatic rings. The van der Waals surface area contributed by atoms with Crippen molar-refractivity contribution in [1.82, 2.24) is 0 Å². The van der Waals surface area contributed by atoms with E-state index in [1.54, 1.807) is 24.3 Å². The summed E-state index contributed by atoms with van der Waals surface area (Å²) in [4.78, 5) is 11.8. The van der Waals surface area contributed by atoms with Crippen molar-refractivity contribution in [2.75, 3.05) is 17.2 Å². The van der Waals surface area contributed by atoms with Crippen molar-refractivity contribution in [3.8, 4) is 0 Å². The van der Waals surface area contributed by atoms with Crippen LogP contribution in [0, 0.1) is 0 Å². The highest BCUT2D eigenvalue weighted by Crippen LogP contribution is 2.29. The molecular formula is C16H14ClF3N2O. The third-order valence-electron chi connectivity index (χ3n) is 3.04. The molecule has 7 heteroatoms. The van der Waals surface area contributed by atoms with Gasteiger partial charge in [0.25, 0.3) is 0 Å². The summed E-state index contributed by atoms with van der Waals surface area (Å²) in [5.74, 6) is -0.238. The molecule has 0 atom stereocenters. The Bertz CT molecular complexity index is 672. The number of hydrogen-bond donors (Lipinski definition) is 2. The van der Waals surface area contributed by atoms with Gasteiger partial charge in [0.2, 0.25) is 5.91 Å². The summed E-state index contributed by atoms with van der Waals surface area (Å²) >= 11 is 5.93. The molecular weight excluding hydrogens is 329 g/mol. The number of benzene rings is 2. The molecule has 1 amide bonds. The van der Waals surface area contributed by atoms with E-state index < -0.39 is 11.7 Å². The minimum Gasteiger partial charge on any atom is -0.385 e. The fourth-order valence-electron chi connectivity index (χ4n) is 1.87. The third kappa shape index (κ3) is 5.17. The highest BCUT2D eigenvalue weighted by molar-refractivity contribution is 6.33. The van der Waals surface area contributed by atoms with Crippen LogP contribution in [0.25, 0.3) is 0 Å². The van der Waals surface area contributed by atoms with Gasteiger partial charge in [-0.25, -0.2) is 0 Å². The molecule has 0 saturated carbocycles.